The van der Waals surface area contributed by atoms with Crippen molar-refractivity contribution in [3.05, 3.63) is 51.7 Å². The van der Waals surface area contributed by atoms with Crippen molar-refractivity contribution >= 4 is 23.0 Å². The van der Waals surface area contributed by atoms with Gasteiger partial charge in [-0.15, -0.1) is 11.3 Å². The van der Waals surface area contributed by atoms with Crippen LogP contribution in [0.25, 0.3) is 0 Å². The molecular formula is C16H17FN4OS. The van der Waals surface area contributed by atoms with Crippen LogP contribution >= 0.6 is 11.3 Å². The van der Waals surface area contributed by atoms with E-state index in [0.29, 0.717) is 12.1 Å². The minimum atomic E-state index is -0.511. The van der Waals surface area contributed by atoms with E-state index in [-0.39, 0.29) is 11.7 Å². The molecule has 2 aromatic rings. The number of aromatic nitrogens is 1. The Labute approximate surface area is 137 Å². The van der Waals surface area contributed by atoms with Gasteiger partial charge < -0.3 is 5.73 Å². The maximum Gasteiger partial charge on any atom is 0.265 e. The first kappa shape index (κ1) is 15.6. The number of nitrogens with zero attached hydrogens (tertiary/aromatic N) is 3. The fourth-order valence-corrected chi connectivity index (χ4v) is 3.72. The number of hydrogen-bond acceptors (Lipinski definition) is 5. The fourth-order valence-electron chi connectivity index (χ4n) is 2.63. The number of hydrogen-bond donors (Lipinski definition) is 1. The molecule has 1 aromatic carbocycles. The SMILES string of the molecule is CN1CCC(c2ncc(Cc3cccc(F)c3)s2)C(C(N)=O)=N1. The smallest absolute Gasteiger partial charge is 0.265 e. The van der Waals surface area contributed by atoms with Crippen LogP contribution in [0.4, 0.5) is 4.39 Å². The zero-order chi connectivity index (χ0) is 16.4. The van der Waals surface area contributed by atoms with E-state index in [1.54, 1.807) is 17.3 Å². The zero-order valence-electron chi connectivity index (χ0n) is 12.7. The molecule has 1 atom stereocenters. The van der Waals surface area contributed by atoms with Crippen LogP contribution in [0.2, 0.25) is 0 Å². The van der Waals surface area contributed by atoms with Crippen LogP contribution in [0.1, 0.15) is 27.8 Å². The van der Waals surface area contributed by atoms with E-state index in [0.717, 1.165) is 28.4 Å². The monoisotopic (exact) mass is 332 g/mol. The van der Waals surface area contributed by atoms with Crippen molar-refractivity contribution in [2.24, 2.45) is 10.8 Å². The summed E-state index contributed by atoms with van der Waals surface area (Å²) in [6, 6.07) is 6.52. The largest absolute Gasteiger partial charge is 0.364 e. The third kappa shape index (κ3) is 3.56. The summed E-state index contributed by atoms with van der Waals surface area (Å²) >= 11 is 1.52. The average Bonchev–Trinajstić information content (AvgIpc) is 2.95. The van der Waals surface area contributed by atoms with Gasteiger partial charge in [0.05, 0.1) is 5.92 Å². The third-order valence-electron chi connectivity index (χ3n) is 3.74. The molecule has 7 heteroatoms. The highest BCUT2D eigenvalue weighted by Gasteiger charge is 2.29. The molecule has 0 radical (unpaired) electrons. The summed E-state index contributed by atoms with van der Waals surface area (Å²) in [7, 11) is 1.82. The van der Waals surface area contributed by atoms with Crippen molar-refractivity contribution < 1.29 is 9.18 Å². The summed E-state index contributed by atoms with van der Waals surface area (Å²) in [6.45, 7) is 0.750. The number of primary amides is 1. The van der Waals surface area contributed by atoms with Gasteiger partial charge in [0.1, 0.15) is 16.5 Å². The van der Waals surface area contributed by atoms with E-state index in [1.165, 1.54) is 23.5 Å². The molecule has 0 fully saturated rings. The third-order valence-corrected chi connectivity index (χ3v) is 4.85. The summed E-state index contributed by atoms with van der Waals surface area (Å²) in [5, 5.41) is 6.79. The highest BCUT2D eigenvalue weighted by Crippen LogP contribution is 2.30. The predicted octanol–water partition coefficient (Wildman–Crippen LogP) is 2.13. The lowest BCUT2D eigenvalue weighted by Gasteiger charge is -2.25. The molecule has 1 unspecified atom stereocenters. The van der Waals surface area contributed by atoms with Crippen LogP contribution in [0, 0.1) is 5.82 Å². The Bertz CT molecular complexity index is 758. The Morgan fingerprint density at radius 1 is 1.52 bits per heavy atom. The quantitative estimate of drug-likeness (QED) is 0.932. The molecule has 0 saturated carbocycles. The van der Waals surface area contributed by atoms with Crippen molar-refractivity contribution in [2.75, 3.05) is 13.6 Å². The second-order valence-electron chi connectivity index (χ2n) is 5.54. The predicted molar refractivity (Wildman–Crippen MR) is 87.9 cm³/mol. The van der Waals surface area contributed by atoms with Crippen molar-refractivity contribution in [3.8, 4) is 0 Å². The van der Waals surface area contributed by atoms with E-state index in [2.05, 4.69) is 10.1 Å². The first-order valence-corrected chi connectivity index (χ1v) is 8.13. The first-order chi connectivity index (χ1) is 11.0. The number of nitrogens with two attached hydrogens (primary N) is 1. The molecule has 120 valence electrons. The van der Waals surface area contributed by atoms with Gasteiger partial charge in [0, 0.05) is 31.1 Å². The van der Waals surface area contributed by atoms with E-state index in [9.17, 15) is 9.18 Å². The molecule has 3 rings (SSSR count). The van der Waals surface area contributed by atoms with E-state index >= 15 is 0 Å². The Morgan fingerprint density at radius 3 is 3.09 bits per heavy atom. The van der Waals surface area contributed by atoms with E-state index in [1.807, 2.05) is 13.1 Å². The summed E-state index contributed by atoms with van der Waals surface area (Å²) < 4.78 is 13.3. The van der Waals surface area contributed by atoms with Gasteiger partial charge in [0.15, 0.2) is 0 Å². The molecule has 5 nitrogen and oxygen atoms in total. The number of thiazole rings is 1. The van der Waals surface area contributed by atoms with Gasteiger partial charge in [-0.05, 0) is 24.1 Å². The standard InChI is InChI=1S/C16H17FN4OS/c1-21-6-5-13(14(20-21)15(18)22)16-19-9-12(23-16)8-10-3-2-4-11(17)7-10/h2-4,7,9,13H,5-6,8H2,1H3,(H2,18,22). The lowest BCUT2D eigenvalue weighted by atomic mass is 9.98. The lowest BCUT2D eigenvalue weighted by Crippen LogP contribution is -2.36. The molecule has 1 aliphatic heterocycles. The molecule has 0 aliphatic carbocycles. The Morgan fingerprint density at radius 2 is 2.35 bits per heavy atom. The van der Waals surface area contributed by atoms with Crippen molar-refractivity contribution in [3.63, 3.8) is 0 Å². The second-order valence-corrected chi connectivity index (χ2v) is 6.69. The van der Waals surface area contributed by atoms with Gasteiger partial charge in [-0.2, -0.15) is 5.10 Å². The molecule has 1 amide bonds. The number of hydrazone groups is 1. The summed E-state index contributed by atoms with van der Waals surface area (Å²) in [6.07, 6.45) is 3.15. The van der Waals surface area contributed by atoms with Crippen LogP contribution in [0.5, 0.6) is 0 Å². The molecule has 0 saturated heterocycles. The van der Waals surface area contributed by atoms with Crippen molar-refractivity contribution in [1.29, 1.82) is 0 Å². The van der Waals surface area contributed by atoms with Crippen LogP contribution in [0.15, 0.2) is 35.6 Å². The maximum absolute atomic E-state index is 13.3. The van der Waals surface area contributed by atoms with Crippen molar-refractivity contribution in [1.82, 2.24) is 9.99 Å². The summed E-state index contributed by atoms with van der Waals surface area (Å²) in [5.74, 6) is -0.913. The van der Waals surface area contributed by atoms with Crippen LogP contribution in [-0.4, -0.2) is 35.2 Å². The van der Waals surface area contributed by atoms with Crippen LogP contribution in [-0.2, 0) is 11.2 Å². The molecule has 1 aromatic heterocycles. The highest BCUT2D eigenvalue weighted by atomic mass is 32.1. The van der Waals surface area contributed by atoms with Crippen LogP contribution in [0.3, 0.4) is 0 Å². The molecule has 2 heterocycles. The number of carbonyl (C=O) groups excluding carboxylic acids is 1. The maximum atomic E-state index is 13.3. The first-order valence-electron chi connectivity index (χ1n) is 7.31. The Balaban J connectivity index is 1.81. The summed E-state index contributed by atoms with van der Waals surface area (Å²) in [4.78, 5) is 17.1. The van der Waals surface area contributed by atoms with Gasteiger partial charge in [-0.25, -0.2) is 9.37 Å². The number of carbonyl (C=O) groups is 1. The number of amides is 1. The van der Waals surface area contributed by atoms with Gasteiger partial charge in [0.2, 0.25) is 0 Å². The van der Waals surface area contributed by atoms with Crippen LogP contribution < -0.4 is 5.73 Å². The van der Waals surface area contributed by atoms with E-state index < -0.39 is 5.91 Å². The molecule has 0 bridgehead atoms. The molecule has 1 aliphatic rings. The normalized spacial score (nSPS) is 17.9. The zero-order valence-corrected chi connectivity index (χ0v) is 13.5. The van der Waals surface area contributed by atoms with Gasteiger partial charge >= 0.3 is 0 Å². The minimum Gasteiger partial charge on any atom is -0.364 e. The Kier molecular flexibility index (Phi) is 4.38. The van der Waals surface area contributed by atoms with Crippen molar-refractivity contribution in [2.45, 2.75) is 18.8 Å². The average molecular weight is 332 g/mol. The fraction of sp³-hybridized carbons (Fsp3) is 0.312. The number of benzene rings is 1. The molecule has 2 N–H and O–H groups in total. The summed E-state index contributed by atoms with van der Waals surface area (Å²) in [5.41, 5.74) is 6.69. The molecule has 23 heavy (non-hydrogen) atoms. The second kappa shape index (κ2) is 6.45. The number of halogens is 1. The lowest BCUT2D eigenvalue weighted by molar-refractivity contribution is -0.112. The van der Waals surface area contributed by atoms with Gasteiger partial charge in [-0.3, -0.25) is 9.80 Å². The molecular weight excluding hydrogens is 315 g/mol. The topological polar surface area (TPSA) is 71.6 Å². The highest BCUT2D eigenvalue weighted by molar-refractivity contribution is 7.11. The Hall–Kier alpha value is -2.28. The van der Waals surface area contributed by atoms with Gasteiger partial charge in [-0.1, -0.05) is 12.1 Å². The number of rotatable bonds is 4. The minimum absolute atomic E-state index is 0.157. The molecule has 0 spiro atoms. The van der Waals surface area contributed by atoms with Gasteiger partial charge in [0.25, 0.3) is 5.91 Å². The van der Waals surface area contributed by atoms with E-state index in [4.69, 9.17) is 5.73 Å².